The van der Waals surface area contributed by atoms with Crippen molar-refractivity contribution >= 4 is 98.0 Å². The number of hydrogen-bond acceptors (Lipinski definition) is 6. The van der Waals surface area contributed by atoms with Crippen LogP contribution >= 0.6 is 69.5 Å². The predicted octanol–water partition coefficient (Wildman–Crippen LogP) is 9.28. The van der Waals surface area contributed by atoms with Gasteiger partial charge < -0.3 is 15.7 Å². The Balaban J connectivity index is 1.49. The molecule has 3 N–H and O–H groups in total. The van der Waals surface area contributed by atoms with Crippen LogP contribution in [0.3, 0.4) is 0 Å². The molecule has 13 heteroatoms. The zero-order valence-corrected chi connectivity index (χ0v) is 26.4. The van der Waals surface area contributed by atoms with Crippen LogP contribution in [-0.4, -0.2) is 28.1 Å². The number of amides is 2. The van der Waals surface area contributed by atoms with Gasteiger partial charge in [-0.25, -0.2) is 4.79 Å². The van der Waals surface area contributed by atoms with Crippen LogP contribution in [0.25, 0.3) is 11.1 Å². The van der Waals surface area contributed by atoms with Crippen molar-refractivity contribution in [2.75, 3.05) is 10.6 Å². The maximum absolute atomic E-state index is 13.1. The van der Waals surface area contributed by atoms with Gasteiger partial charge >= 0.3 is 5.97 Å². The molecular weight excluding hydrogens is 660 g/mol. The van der Waals surface area contributed by atoms with Crippen molar-refractivity contribution in [2.45, 2.75) is 24.0 Å². The summed E-state index contributed by atoms with van der Waals surface area (Å²) >= 11 is 26.8. The monoisotopic (exact) mass is 677 g/mol. The summed E-state index contributed by atoms with van der Waals surface area (Å²) in [5, 5.41) is 25.3. The van der Waals surface area contributed by atoms with Crippen molar-refractivity contribution in [1.29, 1.82) is 5.26 Å². The second-order valence-electron chi connectivity index (χ2n) is 8.87. The van der Waals surface area contributed by atoms with Gasteiger partial charge in [0, 0.05) is 21.5 Å². The first kappa shape index (κ1) is 31.7. The lowest BCUT2D eigenvalue weighted by atomic mass is 10.0. The third-order valence-corrected chi connectivity index (χ3v) is 9.78. The lowest BCUT2D eigenvalue weighted by Gasteiger charge is -2.15. The average molecular weight is 679 g/mol. The normalized spacial score (nSPS) is 11.5. The first-order valence-corrected chi connectivity index (χ1v) is 15.3. The molecule has 1 aromatic heterocycles. The first-order valence-electron chi connectivity index (χ1n) is 12.0. The van der Waals surface area contributed by atoms with E-state index in [0.717, 1.165) is 16.7 Å². The molecule has 4 rings (SSSR count). The number of anilines is 2. The molecule has 0 saturated heterocycles. The second kappa shape index (κ2) is 13.4. The minimum atomic E-state index is -1.51. The van der Waals surface area contributed by atoms with Crippen molar-refractivity contribution in [2.24, 2.45) is 0 Å². The number of hydrogen-bond donors (Lipinski definition) is 3. The summed E-state index contributed by atoms with van der Waals surface area (Å²) in [6, 6.07) is 16.6. The number of carboxylic acids is 1. The Morgan fingerprint density at radius 3 is 2.21 bits per heavy atom. The fourth-order valence-corrected chi connectivity index (χ4v) is 6.73. The quantitative estimate of drug-likeness (QED) is 0.0971. The molecule has 1 heterocycles. The summed E-state index contributed by atoms with van der Waals surface area (Å²) in [5.74, 6) is -2.69. The van der Waals surface area contributed by atoms with Gasteiger partial charge in [-0.05, 0) is 37.6 Å². The largest absolute Gasteiger partial charge is 0.478 e. The van der Waals surface area contributed by atoms with Gasteiger partial charge in [0.25, 0.3) is 5.91 Å². The minimum absolute atomic E-state index is 0.251. The van der Waals surface area contributed by atoms with Gasteiger partial charge in [0.1, 0.15) is 11.1 Å². The minimum Gasteiger partial charge on any atom is -0.478 e. The highest BCUT2D eigenvalue weighted by atomic mass is 35.5. The molecule has 0 saturated carbocycles. The molecule has 3 aromatic carbocycles. The van der Waals surface area contributed by atoms with E-state index in [2.05, 4.69) is 16.7 Å². The number of carboxylic acid groups (broad SMARTS) is 1. The van der Waals surface area contributed by atoms with E-state index in [1.54, 1.807) is 31.2 Å². The number of thiophene rings is 1. The van der Waals surface area contributed by atoms with Gasteiger partial charge in [-0.3, -0.25) is 9.59 Å². The molecule has 214 valence electrons. The molecule has 42 heavy (non-hydrogen) atoms. The Bertz CT molecular complexity index is 1770. The van der Waals surface area contributed by atoms with Gasteiger partial charge in [0.05, 0.1) is 42.0 Å². The number of aromatic carboxylic acids is 1. The van der Waals surface area contributed by atoms with E-state index in [9.17, 15) is 24.8 Å². The van der Waals surface area contributed by atoms with E-state index in [0.29, 0.717) is 21.1 Å². The summed E-state index contributed by atoms with van der Waals surface area (Å²) in [7, 11) is 0. The van der Waals surface area contributed by atoms with Crippen molar-refractivity contribution in [3.8, 4) is 17.2 Å². The van der Waals surface area contributed by atoms with Crippen LogP contribution in [0, 0.1) is 18.3 Å². The zero-order valence-electron chi connectivity index (χ0n) is 21.7. The number of aryl methyl sites for hydroxylation is 1. The third-order valence-electron chi connectivity index (χ3n) is 5.98. The number of nitriles is 1. The maximum atomic E-state index is 13.1. The first-order chi connectivity index (χ1) is 19.9. The Kier molecular flexibility index (Phi) is 10.1. The van der Waals surface area contributed by atoms with Crippen LogP contribution in [0.1, 0.15) is 38.8 Å². The molecule has 0 radical (unpaired) electrons. The molecule has 0 aliphatic heterocycles. The molecule has 2 amide bonds. The summed E-state index contributed by atoms with van der Waals surface area (Å²) in [5.41, 5.74) is 2.40. The van der Waals surface area contributed by atoms with Gasteiger partial charge in [0.15, 0.2) is 0 Å². The van der Waals surface area contributed by atoms with Gasteiger partial charge in [-0.15, -0.1) is 23.1 Å². The SMILES string of the molecule is Cc1ccc(-c2csc(NC(=O)C(C)Sc3cccc(NC(=O)c4c(Cl)c(Cl)c(Cl)c(Cl)c4C(=O)O)c3)c2C#N)cc1. The van der Waals surface area contributed by atoms with E-state index < -0.39 is 33.3 Å². The van der Waals surface area contributed by atoms with Crippen molar-refractivity contribution in [3.05, 3.63) is 96.3 Å². The number of benzene rings is 3. The molecule has 0 spiro atoms. The maximum Gasteiger partial charge on any atom is 0.338 e. The number of halogens is 4. The lowest BCUT2D eigenvalue weighted by molar-refractivity contribution is -0.115. The number of rotatable bonds is 8. The highest BCUT2D eigenvalue weighted by molar-refractivity contribution is 8.00. The number of nitrogens with one attached hydrogen (secondary N) is 2. The van der Waals surface area contributed by atoms with E-state index in [1.165, 1.54) is 23.1 Å². The molecule has 7 nitrogen and oxygen atoms in total. The molecule has 4 aromatic rings. The van der Waals surface area contributed by atoms with Gasteiger partial charge in [-0.1, -0.05) is 82.3 Å². The molecular formula is C29H19Cl4N3O4S2. The summed E-state index contributed by atoms with van der Waals surface area (Å²) in [4.78, 5) is 38.6. The van der Waals surface area contributed by atoms with Crippen LogP contribution in [0.5, 0.6) is 0 Å². The van der Waals surface area contributed by atoms with Crippen molar-refractivity contribution in [3.63, 3.8) is 0 Å². The topological polar surface area (TPSA) is 119 Å². The van der Waals surface area contributed by atoms with Gasteiger partial charge in [-0.2, -0.15) is 5.26 Å². The fourth-order valence-electron chi connectivity index (χ4n) is 3.86. The Morgan fingerprint density at radius 1 is 0.952 bits per heavy atom. The van der Waals surface area contributed by atoms with Crippen LogP contribution < -0.4 is 10.6 Å². The van der Waals surface area contributed by atoms with E-state index in [4.69, 9.17) is 46.4 Å². The van der Waals surface area contributed by atoms with Gasteiger partial charge in [0.2, 0.25) is 5.91 Å². The van der Waals surface area contributed by atoms with E-state index >= 15 is 0 Å². The molecule has 0 bridgehead atoms. The summed E-state index contributed by atoms with van der Waals surface area (Å²) < 4.78 is 0. The standard InChI is InChI=1S/C29H19Cl4N3O4S2/c1-13-6-8-15(9-7-13)19-12-41-28(18(19)11-34)36-26(37)14(2)42-17-5-3-4-16(10-17)35-27(38)20-21(29(39)40)23(31)25(33)24(32)22(20)30/h3-10,12,14H,1-2H3,(H,35,38)(H,36,37)(H,39,40). The van der Waals surface area contributed by atoms with Crippen molar-refractivity contribution < 1.29 is 19.5 Å². The molecule has 1 unspecified atom stereocenters. The zero-order chi connectivity index (χ0) is 30.7. The van der Waals surface area contributed by atoms with Crippen LogP contribution in [0.2, 0.25) is 20.1 Å². The number of thioether (sulfide) groups is 1. The van der Waals surface area contributed by atoms with Crippen molar-refractivity contribution in [1.82, 2.24) is 0 Å². The molecule has 0 fully saturated rings. The number of nitrogens with zero attached hydrogens (tertiary/aromatic N) is 1. The van der Waals surface area contributed by atoms with Crippen LogP contribution in [0.15, 0.2) is 58.8 Å². The van der Waals surface area contributed by atoms with Crippen LogP contribution in [0.4, 0.5) is 10.7 Å². The Labute approximate surface area is 269 Å². The Hall–Kier alpha value is -3.23. The summed E-state index contributed by atoms with van der Waals surface area (Å²) in [6.45, 7) is 3.69. The predicted molar refractivity (Wildman–Crippen MR) is 171 cm³/mol. The molecule has 0 aliphatic rings. The summed E-state index contributed by atoms with van der Waals surface area (Å²) in [6.07, 6.45) is 0. The lowest BCUT2D eigenvalue weighted by Crippen LogP contribution is -2.22. The van der Waals surface area contributed by atoms with Crippen LogP contribution in [-0.2, 0) is 4.79 Å². The fraction of sp³-hybridized carbons (Fsp3) is 0.103. The smallest absolute Gasteiger partial charge is 0.338 e. The van der Waals surface area contributed by atoms with E-state index in [1.807, 2.05) is 36.6 Å². The second-order valence-corrected chi connectivity index (χ2v) is 12.7. The highest BCUT2D eigenvalue weighted by Crippen LogP contribution is 2.42. The number of carbonyl (C=O) groups is 3. The number of carbonyl (C=O) groups excluding carboxylic acids is 2. The average Bonchev–Trinajstić information content (AvgIpc) is 3.36. The molecule has 1 atom stereocenters. The van der Waals surface area contributed by atoms with E-state index in [-0.39, 0.29) is 21.0 Å². The Morgan fingerprint density at radius 2 is 1.60 bits per heavy atom. The third kappa shape index (κ3) is 6.70. The molecule has 0 aliphatic carbocycles. The highest BCUT2D eigenvalue weighted by Gasteiger charge is 2.29.